The van der Waals surface area contributed by atoms with E-state index in [1.807, 2.05) is 33.8 Å². The zero-order chi connectivity index (χ0) is 111. The summed E-state index contributed by atoms with van der Waals surface area (Å²) in [7, 11) is 4.37. The molecule has 46 nitrogen and oxygen atoms in total. The third-order valence-electron chi connectivity index (χ3n) is 25.3. The van der Waals surface area contributed by atoms with E-state index in [0.29, 0.717) is 83.2 Å². The Morgan fingerprint density at radius 1 is 0.435 bits per heavy atom. The van der Waals surface area contributed by atoms with Crippen LogP contribution in [0.1, 0.15) is 146 Å². The topological polar surface area (TPSA) is 629 Å². The van der Waals surface area contributed by atoms with Crippen molar-refractivity contribution >= 4 is 85.3 Å². The van der Waals surface area contributed by atoms with Crippen molar-refractivity contribution < 1.29 is 103 Å². The van der Waals surface area contributed by atoms with Crippen molar-refractivity contribution in [1.29, 1.82) is 0 Å². The van der Waals surface area contributed by atoms with Crippen molar-refractivity contribution in [3.63, 3.8) is 0 Å². The van der Waals surface area contributed by atoms with E-state index < -0.39 is 256 Å². The van der Waals surface area contributed by atoms with Gasteiger partial charge in [0.2, 0.25) is 37.7 Å². The van der Waals surface area contributed by atoms with Gasteiger partial charge in [0.15, 0.2) is 6.23 Å². The normalized spacial score (nSPS) is 27.1. The summed E-state index contributed by atoms with van der Waals surface area (Å²) in [5.41, 5.74) is -4.90. The molecule has 0 unspecified atom stereocenters. The van der Waals surface area contributed by atoms with Crippen molar-refractivity contribution in [3.05, 3.63) is 198 Å². The van der Waals surface area contributed by atoms with Crippen LogP contribution in [0.15, 0.2) is 113 Å². The molecule has 0 aromatic carbocycles. The highest BCUT2D eigenvalue weighted by Gasteiger charge is 2.52. The third kappa shape index (κ3) is 35.7. The second-order valence-corrected chi connectivity index (χ2v) is 68.5. The number of hydrogen-bond donors (Lipinski definition) is 17. The van der Waals surface area contributed by atoms with Crippen LogP contribution in [0.4, 0.5) is 0 Å². The number of methoxy groups -OCH3 is 1. The largest absolute Gasteiger partial charge is 0.450 e. The van der Waals surface area contributed by atoms with Gasteiger partial charge in [-0.25, -0.2) is 52.3 Å². The molecule has 24 atom stereocenters. The number of H-pyrrole nitrogens is 5. The zero-order valence-electron chi connectivity index (χ0n) is 88.4. The monoisotopic (exact) mass is 2190 g/mol. The lowest BCUT2D eigenvalue weighted by Crippen LogP contribution is -2.61. The maximum atomic E-state index is 12.4. The number of aliphatic hydroxyl groups is 11. The van der Waals surface area contributed by atoms with Gasteiger partial charge in [0.05, 0.1) is 67.0 Å². The van der Waals surface area contributed by atoms with Crippen molar-refractivity contribution in [1.82, 2.24) is 62.2 Å². The molecule has 0 radical (unpaired) electrons. The number of rotatable bonds is 36. The molecule has 0 saturated carbocycles. The lowest BCUT2D eigenvalue weighted by atomic mass is 10.0. The molecule has 6 fully saturated rings. The van der Waals surface area contributed by atoms with E-state index in [1.165, 1.54) is 93.4 Å². The van der Waals surface area contributed by atoms with Gasteiger partial charge in [-0.15, -0.1) is 79.1 Å². The number of aliphatic hydroxyl groups excluding tert-OH is 11. The molecule has 147 heavy (non-hydrogen) atoms. The highest BCUT2D eigenvalue weighted by atomic mass is 31.2. The molecule has 0 amide bonds. The Morgan fingerprint density at radius 3 is 1.24 bits per heavy atom. The molecule has 0 aliphatic carbocycles. The maximum Gasteiger partial charge on any atom is 0.450 e. The molecule has 0 bridgehead atoms. The first-order valence-corrected chi connectivity index (χ1v) is 67.1. The molecular formula is C95H163N16O30P6+3. The van der Waals surface area contributed by atoms with Crippen LogP contribution in [-0.4, -0.2) is 391 Å². The molecule has 17 N–H and O–H groups in total. The molecule has 12 heterocycles. The minimum absolute atomic E-state index is 0.157. The standard InChI is InChI=1S/C20H34N3O5P.C16H28N3O5P.C15H26N3O5P.2C15H25N2O5P.C14H22N3O5P/c1-13(2)7-9-21-11-14-12-23(20(26)22-18(14)25)19-17(27-3)16(24)15(28-19)8-10-29(4,5)6;1-5-6-8-18-10-19(16(23)17-15(18)22)14-13(21)12(20)11(24-14)7-9-25(2,3)4;1-5-7-17-9-18(15(22)16-14(17)21)13-12(20)11(19)10(23-13)6-8-24(2,3)4;1-16-8-9(14(20)17(2)15(16)21)13-12(19)11(18)10(22-13)6-7-23(3,4)5;1-5-17-8-9(14(20)16-15(17)21)13-12(19)11(18)10(22-13)6-7-23(2,3)4;1-5-16-8-17(14(21)15-13(16)20)12-11(19)10(18)9(22-12)6-7-23(2,3)4/h7,12,15-17,19,21,24H,4,8-11H2,1-3,5-6H3,(H,22,25,26);10-14,20-21H,2,5-9H2,1,3-4H3;9-13,19-20H,2,5-8H2,1,3-4H3;8,10-13,18-19H,3,6-7H2,1-2,4-5H3;8,10-13,18-19H,2,5-7H2,1,3-4H3,(H,16,20,21);5,8-12,18-19H,1-2,6-7H2,3-4H3/p+3/t15-,16-,17-,19-;11-,12-,13-,14-;10-,11-,12-,13-;2*10-,11-,12-,13+;9-,10-,11-,12-/m111111/s1. The van der Waals surface area contributed by atoms with E-state index >= 15 is 0 Å². The quantitative estimate of drug-likeness (QED) is 0.00810. The molecule has 6 aliphatic rings. The van der Waals surface area contributed by atoms with Crippen LogP contribution in [-0.2, 0) is 73.4 Å². The van der Waals surface area contributed by atoms with Crippen LogP contribution in [0.25, 0.3) is 6.20 Å². The van der Waals surface area contributed by atoms with Crippen LogP contribution < -0.4 is 86.9 Å². The number of hydrogen-bond acceptors (Lipinski definition) is 31. The minimum Gasteiger partial charge on any atom is -0.388 e. The van der Waals surface area contributed by atoms with Gasteiger partial charge in [-0.1, -0.05) is 38.5 Å². The molecule has 6 aliphatic heterocycles. The number of nitrogens with one attached hydrogen (secondary N) is 6. The van der Waals surface area contributed by atoms with Gasteiger partial charge in [0.1, 0.15) is 85.5 Å². The molecule has 12 rings (SSSR count). The van der Waals surface area contributed by atoms with Gasteiger partial charge in [0.25, 0.3) is 16.7 Å². The molecule has 52 heteroatoms. The summed E-state index contributed by atoms with van der Waals surface area (Å²) in [6.45, 7) is 32.8. The summed E-state index contributed by atoms with van der Waals surface area (Å²) >= 11 is 0. The van der Waals surface area contributed by atoms with Crippen LogP contribution >= 0.6 is 41.3 Å². The smallest absolute Gasteiger partial charge is 0.388 e. The highest BCUT2D eigenvalue weighted by Crippen LogP contribution is 2.46. The molecular weight excluding hydrogens is 2030 g/mol. The van der Waals surface area contributed by atoms with Crippen molar-refractivity contribution in [2.75, 3.05) is 131 Å². The Morgan fingerprint density at radius 2 is 0.823 bits per heavy atom. The van der Waals surface area contributed by atoms with Gasteiger partial charge < -0.3 is 104 Å². The second-order valence-electron chi connectivity index (χ2n) is 42.5. The number of allylic oxidation sites excluding steroid dienone is 1. The van der Waals surface area contributed by atoms with Gasteiger partial charge >= 0.3 is 51.2 Å². The number of ether oxygens (including phenoxy) is 7. The fourth-order valence-corrected chi connectivity index (χ4v) is 22.4. The van der Waals surface area contributed by atoms with Crippen molar-refractivity contribution in [2.24, 2.45) is 14.1 Å². The highest BCUT2D eigenvalue weighted by molar-refractivity contribution is 7.73. The molecule has 0 spiro atoms. The predicted octanol–water partition coefficient (Wildman–Crippen LogP) is -2.93. The predicted molar refractivity (Wildman–Crippen MR) is 582 cm³/mol. The van der Waals surface area contributed by atoms with Gasteiger partial charge in [-0.05, 0) is 189 Å². The first-order valence-electron chi connectivity index (χ1n) is 48.8. The zero-order valence-corrected chi connectivity index (χ0v) is 93.8. The number of aromatic nitrogens is 15. The Hall–Kier alpha value is -7.61. The van der Waals surface area contributed by atoms with Crippen LogP contribution in [0.2, 0.25) is 0 Å². The number of unbranched alkanes of at least 4 members (excludes halogenated alkanes) is 1. The average molecular weight is 2200 g/mol. The van der Waals surface area contributed by atoms with E-state index in [9.17, 15) is 114 Å². The number of aryl methyl sites for hydroxylation is 4. The SMILES string of the molecule is C=Cn1c[n+]([C@@H]2O[C@H](CCP(=C)(C)C)[C@@H](O)[C@H]2O)c(=O)[nH]c1=O.C=P(C)(C)CC[C@H]1O[C@@H](c2cn(C)c(=O)n(C)c2=O)[C@H](O)[C@@H]1O.C=P(C)(C)CC[C@H]1O[C@@H](c2cn(CC)c(=O)[nH]c2=O)[C@H](O)[C@@H]1O.C=P(C)(C)CC[C@H]1O[C@@H](n2c[n+](CCC)c(=O)[nH]c2=O)[C@H](O)[C@@H]1O.C=P(C)(C)CC[C@H]1O[C@@H](n2c[n+](CCCC)c(=O)[nH]c2=O)[C@H](O)[C@@H]1O.C=P(C)(C)CC[C@H]1O[C@@H](n2cc(CNCC=C(C)C)c(=O)[nH]c2=O)[C@H](OC)[C@@H]1O. The Labute approximate surface area is 854 Å². The lowest BCUT2D eigenvalue weighted by Gasteiger charge is -2.21. The molecule has 6 aromatic heterocycles. The van der Waals surface area contributed by atoms with E-state index in [4.69, 9.17) is 33.2 Å². The summed E-state index contributed by atoms with van der Waals surface area (Å²) in [6.07, 6.45) is 24.7. The van der Waals surface area contributed by atoms with Crippen LogP contribution in [0.3, 0.4) is 0 Å². The van der Waals surface area contributed by atoms with E-state index in [1.54, 1.807) is 6.92 Å². The minimum atomic E-state index is -1.29. The summed E-state index contributed by atoms with van der Waals surface area (Å²) in [5.74, 6) is 0. The van der Waals surface area contributed by atoms with Crippen molar-refractivity contribution in [2.45, 2.75) is 266 Å². The number of nitrogens with zero attached hydrogens (tertiary/aromatic N) is 10. The Bertz CT molecular complexity index is 6590. The molecule has 6 saturated heterocycles. The number of aromatic amines is 5. The average Bonchev–Trinajstić information content (AvgIpc) is 1.27. The fourth-order valence-electron chi connectivity index (χ4n) is 16.7. The van der Waals surface area contributed by atoms with Crippen molar-refractivity contribution in [3.8, 4) is 0 Å². The molecule has 830 valence electrons. The molecule has 6 aromatic rings. The van der Waals surface area contributed by atoms with E-state index in [2.05, 4.69) is 155 Å². The second kappa shape index (κ2) is 54.3. The maximum absolute atomic E-state index is 12.4. The van der Waals surface area contributed by atoms with Gasteiger partial charge in [-0.2, -0.15) is 33.2 Å². The summed E-state index contributed by atoms with van der Waals surface area (Å²) < 4.78 is 52.1. The van der Waals surface area contributed by atoms with Crippen LogP contribution in [0.5, 0.6) is 0 Å². The van der Waals surface area contributed by atoms with Gasteiger partial charge in [0, 0.05) is 65.0 Å². The van der Waals surface area contributed by atoms with Crippen LogP contribution in [0, 0.1) is 0 Å². The van der Waals surface area contributed by atoms with Gasteiger partial charge in [-0.3, -0.25) is 33.5 Å². The first-order chi connectivity index (χ1) is 68.1. The van der Waals surface area contributed by atoms with E-state index in [0.717, 1.165) is 72.6 Å². The first kappa shape index (κ1) is 126. The fraction of sp³-hybridized carbons (Fsp3) is 0.674. The lowest BCUT2D eigenvalue weighted by molar-refractivity contribution is -0.783. The summed E-state index contributed by atoms with van der Waals surface area (Å²) in [5, 5.41) is 116. The Balaban J connectivity index is 0.000000239. The third-order valence-corrected chi connectivity index (χ3v) is 34.1. The Kier molecular flexibility index (Phi) is 46.6. The summed E-state index contributed by atoms with van der Waals surface area (Å²) in [4.78, 5) is 155. The van der Waals surface area contributed by atoms with E-state index in [-0.39, 0.29) is 11.1 Å². The summed E-state index contributed by atoms with van der Waals surface area (Å²) in [6, 6.07) is 0.